The van der Waals surface area contributed by atoms with E-state index in [0.717, 1.165) is 42.1 Å². The Kier molecular flexibility index (Phi) is 19.6. The fraction of sp³-hybridized carbons (Fsp3) is 0.745. The molecule has 0 unspecified atom stereocenters. The van der Waals surface area contributed by atoms with Gasteiger partial charge in [0.15, 0.2) is 5.78 Å². The molecule has 3 amide bonds. The van der Waals surface area contributed by atoms with Gasteiger partial charge in [-0.15, -0.1) is 0 Å². The minimum absolute atomic E-state index is 0.0109. The first-order valence-electron chi connectivity index (χ1n) is 24.1. The summed E-state index contributed by atoms with van der Waals surface area (Å²) in [5.41, 5.74) is 1.71. The third-order valence-electron chi connectivity index (χ3n) is 14.5. The van der Waals surface area contributed by atoms with E-state index < -0.39 is 36.0 Å². The van der Waals surface area contributed by atoms with E-state index in [1.165, 1.54) is 5.06 Å². The standard InChI is InChI=1S/C51H83N5O8/c1-15-34(6)47(53(11)50(61)39(32(2)3)29-43(58)46(33(4)5)54(12)51(8,9)10)44(62-13)30-45(59)55-24-20-23-41(55)48(63-14)35(7)42(57)28-36(49(60)56-25-18-19-26-64-56)27-37-31-52-40-22-17-16-21-38(37)40/h16-17,21-22,31-36,39,41,44,46-48,52H,15,18-20,23-30H2,1-14H3/t34-,35-,36+,39-,41-,44+,46-,47-,48+/m0/s1. The Labute approximate surface area is 384 Å². The minimum Gasteiger partial charge on any atom is -0.379 e. The number of carbonyl (C=O) groups is 5. The van der Waals surface area contributed by atoms with Gasteiger partial charge in [-0.2, -0.15) is 0 Å². The zero-order valence-corrected chi connectivity index (χ0v) is 41.8. The molecule has 0 saturated carbocycles. The highest BCUT2D eigenvalue weighted by Crippen LogP contribution is 2.33. The highest BCUT2D eigenvalue weighted by molar-refractivity contribution is 5.91. The van der Waals surface area contributed by atoms with E-state index in [9.17, 15) is 24.0 Å². The number of fused-ring (bicyclic) bond motifs is 1. The lowest BCUT2D eigenvalue weighted by Gasteiger charge is -2.42. The zero-order chi connectivity index (χ0) is 47.6. The summed E-state index contributed by atoms with van der Waals surface area (Å²) in [5.74, 6) is -2.30. The normalized spacial score (nSPS) is 20.0. The molecule has 4 rings (SSSR count). The summed E-state index contributed by atoms with van der Waals surface area (Å²) in [6, 6.07) is 6.82. The number of rotatable bonds is 23. The van der Waals surface area contributed by atoms with Crippen molar-refractivity contribution in [1.82, 2.24) is 24.7 Å². The van der Waals surface area contributed by atoms with Crippen LogP contribution in [0.4, 0.5) is 0 Å². The molecule has 2 aromatic rings. The molecule has 2 aliphatic rings. The Hall–Kier alpha value is -3.65. The molecule has 1 aromatic carbocycles. The number of ketones is 2. The number of aromatic nitrogens is 1. The van der Waals surface area contributed by atoms with Crippen LogP contribution >= 0.6 is 0 Å². The fourth-order valence-corrected chi connectivity index (χ4v) is 10.2. The van der Waals surface area contributed by atoms with Crippen LogP contribution < -0.4 is 0 Å². The van der Waals surface area contributed by atoms with Crippen LogP contribution in [0.3, 0.4) is 0 Å². The van der Waals surface area contributed by atoms with E-state index in [0.29, 0.717) is 32.5 Å². The number of ether oxygens (including phenoxy) is 2. The molecule has 360 valence electrons. The van der Waals surface area contributed by atoms with Gasteiger partial charge in [-0.25, -0.2) is 5.06 Å². The maximum Gasteiger partial charge on any atom is 0.250 e. The number of carbonyl (C=O) groups excluding carboxylic acids is 5. The summed E-state index contributed by atoms with van der Waals surface area (Å²) in [5, 5.41) is 2.46. The van der Waals surface area contributed by atoms with Crippen molar-refractivity contribution >= 4 is 40.2 Å². The van der Waals surface area contributed by atoms with Gasteiger partial charge in [0.2, 0.25) is 17.7 Å². The van der Waals surface area contributed by atoms with E-state index in [-0.39, 0.29) is 83.9 Å². The number of Topliss-reactive ketones (excluding diaryl/α,β-unsaturated/α-hetero) is 2. The summed E-state index contributed by atoms with van der Waals surface area (Å²) in [6.07, 6.45) is 5.14. The van der Waals surface area contributed by atoms with Gasteiger partial charge < -0.3 is 24.3 Å². The molecule has 3 heterocycles. The number of aromatic amines is 1. The van der Waals surface area contributed by atoms with Gasteiger partial charge in [0.05, 0.1) is 49.3 Å². The molecule has 0 aliphatic carbocycles. The van der Waals surface area contributed by atoms with Crippen molar-refractivity contribution in [2.75, 3.05) is 48.0 Å². The predicted molar refractivity (Wildman–Crippen MR) is 252 cm³/mol. The predicted octanol–water partition coefficient (Wildman–Crippen LogP) is 7.75. The number of H-pyrrole nitrogens is 1. The van der Waals surface area contributed by atoms with Crippen LogP contribution in [0.2, 0.25) is 0 Å². The molecule has 9 atom stereocenters. The Morgan fingerprint density at radius 3 is 2.14 bits per heavy atom. The Balaban J connectivity index is 1.52. The van der Waals surface area contributed by atoms with Crippen molar-refractivity contribution in [1.29, 1.82) is 0 Å². The summed E-state index contributed by atoms with van der Waals surface area (Å²) in [7, 11) is 6.95. The average molecular weight is 894 g/mol. The third kappa shape index (κ3) is 12.8. The van der Waals surface area contributed by atoms with Gasteiger partial charge in [0.25, 0.3) is 0 Å². The van der Waals surface area contributed by atoms with Gasteiger partial charge in [-0.05, 0) is 89.3 Å². The van der Waals surface area contributed by atoms with Crippen LogP contribution in [0.25, 0.3) is 10.9 Å². The summed E-state index contributed by atoms with van der Waals surface area (Å²) in [4.78, 5) is 86.4. The summed E-state index contributed by atoms with van der Waals surface area (Å²) in [6.45, 7) is 21.8. The lowest BCUT2D eigenvalue weighted by molar-refractivity contribution is -0.201. The Morgan fingerprint density at radius 2 is 1.56 bits per heavy atom. The highest BCUT2D eigenvalue weighted by atomic mass is 16.7. The maximum atomic E-state index is 14.6. The van der Waals surface area contributed by atoms with Crippen molar-refractivity contribution in [2.45, 2.75) is 163 Å². The lowest BCUT2D eigenvalue weighted by atomic mass is 9.83. The number of hydrogen-bond acceptors (Lipinski definition) is 9. The Bertz CT molecular complexity index is 1850. The second-order valence-electron chi connectivity index (χ2n) is 20.5. The number of likely N-dealkylation sites (N-methyl/N-ethyl adjacent to an activating group) is 2. The maximum absolute atomic E-state index is 14.6. The lowest BCUT2D eigenvalue weighted by Crippen LogP contribution is -2.55. The number of hydrogen-bond donors (Lipinski definition) is 1. The smallest absolute Gasteiger partial charge is 0.250 e. The zero-order valence-electron chi connectivity index (χ0n) is 41.8. The number of benzene rings is 1. The molecule has 1 N–H and O–H groups in total. The second kappa shape index (κ2) is 23.7. The van der Waals surface area contributed by atoms with E-state index >= 15 is 0 Å². The number of para-hydroxylation sites is 1. The van der Waals surface area contributed by atoms with Crippen LogP contribution in [0.1, 0.15) is 126 Å². The van der Waals surface area contributed by atoms with Crippen molar-refractivity contribution in [2.24, 2.45) is 35.5 Å². The first kappa shape index (κ1) is 53.0. The quantitative estimate of drug-likeness (QED) is 0.119. The number of nitrogens with one attached hydrogen (secondary N) is 1. The fourth-order valence-electron chi connectivity index (χ4n) is 10.2. The molecule has 1 aromatic heterocycles. The number of hydroxylamine groups is 2. The van der Waals surface area contributed by atoms with Gasteiger partial charge in [0, 0.05) is 81.7 Å². The van der Waals surface area contributed by atoms with E-state index in [2.05, 4.69) is 58.4 Å². The van der Waals surface area contributed by atoms with Crippen LogP contribution in [0.15, 0.2) is 30.5 Å². The number of likely N-dealkylation sites (tertiary alicyclic amines) is 1. The van der Waals surface area contributed by atoms with Crippen molar-refractivity contribution in [3.63, 3.8) is 0 Å². The first-order chi connectivity index (χ1) is 30.2. The van der Waals surface area contributed by atoms with Crippen LogP contribution in [0.5, 0.6) is 0 Å². The summed E-state index contributed by atoms with van der Waals surface area (Å²) >= 11 is 0. The molecule has 0 spiro atoms. The van der Waals surface area contributed by atoms with Crippen molar-refractivity contribution < 1.29 is 38.3 Å². The molecular formula is C51H83N5O8. The SMILES string of the molecule is CC[C@H](C)[C@@H]([C@@H](CC(=O)N1CCC[C@H]1[C@H](OC)[C@@H](C)C(=O)C[C@@H](Cc1c[nH]c2ccccc12)C(=O)N1CCCCO1)OC)N(C)C(=O)[C@@H](CC(=O)[C@H](C(C)C)N(C)C(C)(C)C)C(C)C. The van der Waals surface area contributed by atoms with Crippen molar-refractivity contribution in [3.8, 4) is 0 Å². The molecule has 13 nitrogen and oxygen atoms in total. The molecular weight excluding hydrogens is 811 g/mol. The molecule has 0 bridgehead atoms. The van der Waals surface area contributed by atoms with Gasteiger partial charge in [-0.1, -0.05) is 73.1 Å². The number of amides is 3. The molecule has 64 heavy (non-hydrogen) atoms. The van der Waals surface area contributed by atoms with E-state index in [1.807, 2.05) is 63.2 Å². The largest absolute Gasteiger partial charge is 0.379 e. The van der Waals surface area contributed by atoms with E-state index in [4.69, 9.17) is 14.3 Å². The summed E-state index contributed by atoms with van der Waals surface area (Å²) < 4.78 is 12.3. The van der Waals surface area contributed by atoms with Gasteiger partial charge in [0.1, 0.15) is 5.78 Å². The molecule has 2 fully saturated rings. The second-order valence-corrected chi connectivity index (χ2v) is 20.5. The average Bonchev–Trinajstić information content (AvgIpc) is 3.92. The highest BCUT2D eigenvalue weighted by Gasteiger charge is 2.44. The third-order valence-corrected chi connectivity index (χ3v) is 14.5. The monoisotopic (exact) mass is 894 g/mol. The molecule has 2 saturated heterocycles. The van der Waals surface area contributed by atoms with Gasteiger partial charge in [-0.3, -0.25) is 33.7 Å². The van der Waals surface area contributed by atoms with Crippen molar-refractivity contribution in [3.05, 3.63) is 36.0 Å². The molecule has 0 radical (unpaired) electrons. The minimum atomic E-state index is -0.638. The van der Waals surface area contributed by atoms with Crippen LogP contribution in [0, 0.1) is 35.5 Å². The Morgan fingerprint density at radius 1 is 0.875 bits per heavy atom. The van der Waals surface area contributed by atoms with Crippen LogP contribution in [-0.4, -0.2) is 138 Å². The van der Waals surface area contributed by atoms with E-state index in [1.54, 1.807) is 26.2 Å². The topological polar surface area (TPSA) is 142 Å². The molecule has 2 aliphatic heterocycles. The first-order valence-corrected chi connectivity index (χ1v) is 24.1. The number of nitrogens with zero attached hydrogens (tertiary/aromatic N) is 4. The molecule has 13 heteroatoms. The van der Waals surface area contributed by atoms with Gasteiger partial charge >= 0.3 is 0 Å². The van der Waals surface area contributed by atoms with Crippen LogP contribution in [-0.2, 0) is 44.7 Å². The number of methoxy groups -OCH3 is 2.